The molecule has 1 aliphatic rings. The molecule has 2 aromatic carbocycles. The summed E-state index contributed by atoms with van der Waals surface area (Å²) >= 11 is 0. The maximum atomic E-state index is 13.6. The molecule has 0 radical (unpaired) electrons. The number of likely N-dealkylation sites (N-methyl/N-ethyl adjacent to an activating group) is 1. The number of nitrogens with one attached hydrogen (secondary N) is 1. The number of tetrazole rings is 1. The number of carbonyl (C=O) groups excluding carboxylic acids is 2. The number of hydrogen-bond donors (Lipinski definition) is 2. The lowest BCUT2D eigenvalue weighted by atomic mass is 9.99. The third kappa shape index (κ3) is 7.09. The van der Waals surface area contributed by atoms with Crippen LogP contribution in [0.3, 0.4) is 0 Å². The third-order valence-electron chi connectivity index (χ3n) is 6.75. The van der Waals surface area contributed by atoms with Crippen LogP contribution in [-0.4, -0.2) is 92.9 Å². The van der Waals surface area contributed by atoms with Gasteiger partial charge in [0.05, 0.1) is 25.3 Å². The molecule has 3 atom stereocenters. The van der Waals surface area contributed by atoms with Crippen LogP contribution in [0.1, 0.15) is 29.8 Å². The van der Waals surface area contributed by atoms with Gasteiger partial charge in [-0.2, -0.15) is 0 Å². The molecule has 208 valence electrons. The van der Waals surface area contributed by atoms with Crippen molar-refractivity contribution in [1.82, 2.24) is 30.0 Å². The van der Waals surface area contributed by atoms with Gasteiger partial charge in [-0.05, 0) is 60.3 Å². The molecule has 0 saturated heterocycles. The summed E-state index contributed by atoms with van der Waals surface area (Å²) in [6.45, 7) is 5.38. The van der Waals surface area contributed by atoms with Crippen LogP contribution in [0.2, 0.25) is 0 Å². The number of methoxy groups -OCH3 is 1. The van der Waals surface area contributed by atoms with Crippen molar-refractivity contribution in [3.05, 3.63) is 59.9 Å². The Kier molecular flexibility index (Phi) is 9.10. The van der Waals surface area contributed by atoms with Crippen LogP contribution in [0.15, 0.2) is 48.8 Å². The zero-order valence-corrected chi connectivity index (χ0v) is 22.6. The first kappa shape index (κ1) is 28.0. The molecule has 0 spiro atoms. The fourth-order valence-electron chi connectivity index (χ4n) is 4.53. The Bertz CT molecular complexity index is 1250. The Hall–Kier alpha value is -4.03. The topological polar surface area (TPSA) is 135 Å². The molecule has 2 amide bonds. The Balaban J connectivity index is 1.54. The fourth-order valence-corrected chi connectivity index (χ4v) is 4.53. The molecule has 1 aliphatic heterocycles. The minimum Gasteiger partial charge on any atom is -0.497 e. The fraction of sp³-hybridized carbons (Fsp3) is 0.444. The van der Waals surface area contributed by atoms with Crippen molar-refractivity contribution in [3.63, 3.8) is 0 Å². The lowest BCUT2D eigenvalue weighted by molar-refractivity contribution is -0.116. The van der Waals surface area contributed by atoms with Gasteiger partial charge >= 0.3 is 0 Å². The van der Waals surface area contributed by atoms with Crippen molar-refractivity contribution >= 4 is 17.5 Å². The summed E-state index contributed by atoms with van der Waals surface area (Å²) in [4.78, 5) is 30.0. The molecule has 4 rings (SSSR count). The van der Waals surface area contributed by atoms with Gasteiger partial charge in [0.1, 0.15) is 30.5 Å². The minimum absolute atomic E-state index is 0.00918. The summed E-state index contributed by atoms with van der Waals surface area (Å²) in [6.07, 6.45) is 1.12. The normalized spacial score (nSPS) is 18.1. The highest BCUT2D eigenvalue weighted by molar-refractivity contribution is 5.99. The molecular formula is C27H35N7O5. The van der Waals surface area contributed by atoms with E-state index in [1.165, 1.54) is 11.0 Å². The van der Waals surface area contributed by atoms with E-state index in [1.54, 1.807) is 30.2 Å². The quantitative estimate of drug-likeness (QED) is 0.396. The first-order chi connectivity index (χ1) is 18.8. The lowest BCUT2D eigenvalue weighted by Crippen LogP contribution is -2.49. The van der Waals surface area contributed by atoms with E-state index in [9.17, 15) is 14.7 Å². The number of hydrogen-bond acceptors (Lipinski definition) is 9. The maximum Gasteiger partial charge on any atom is 0.258 e. The van der Waals surface area contributed by atoms with Crippen LogP contribution in [0.4, 0.5) is 5.69 Å². The van der Waals surface area contributed by atoms with Gasteiger partial charge in [-0.25, -0.2) is 4.68 Å². The van der Waals surface area contributed by atoms with Crippen molar-refractivity contribution in [1.29, 1.82) is 0 Å². The molecule has 3 aromatic rings. The number of nitrogens with zero attached hydrogens (tertiary/aromatic N) is 6. The predicted molar refractivity (Wildman–Crippen MR) is 143 cm³/mol. The molecule has 2 N–H and O–H groups in total. The van der Waals surface area contributed by atoms with Crippen LogP contribution < -0.4 is 14.8 Å². The monoisotopic (exact) mass is 537 g/mol. The lowest BCUT2D eigenvalue weighted by Gasteiger charge is -2.38. The summed E-state index contributed by atoms with van der Waals surface area (Å²) in [5, 5.41) is 23.4. The molecule has 0 fully saturated rings. The standard InChI is InChI=1S/C27H35N7O5/c1-18-12-34(19(2)16-35)27(37)23-11-21(29-26(36)15-33-17-28-30-31-33)7-10-24(23)39-25(18)14-32(3)13-20-5-8-22(38-4)9-6-20/h5-11,17-19,25,35H,12-16H2,1-4H3,(H,29,36)/t18-,19+,25+/m0/s1. The first-order valence-corrected chi connectivity index (χ1v) is 12.8. The summed E-state index contributed by atoms with van der Waals surface area (Å²) in [5.74, 6) is 0.630. The third-order valence-corrected chi connectivity index (χ3v) is 6.75. The van der Waals surface area contributed by atoms with E-state index in [2.05, 4.69) is 32.7 Å². The van der Waals surface area contributed by atoms with Gasteiger partial charge in [0.25, 0.3) is 5.91 Å². The van der Waals surface area contributed by atoms with E-state index >= 15 is 0 Å². The van der Waals surface area contributed by atoms with Crippen LogP contribution in [0.25, 0.3) is 0 Å². The maximum absolute atomic E-state index is 13.6. The van der Waals surface area contributed by atoms with Crippen LogP contribution >= 0.6 is 0 Å². The Morgan fingerprint density at radius 3 is 2.72 bits per heavy atom. The number of aliphatic hydroxyl groups is 1. The van der Waals surface area contributed by atoms with Gasteiger partial charge in [-0.1, -0.05) is 19.1 Å². The molecule has 0 unspecified atom stereocenters. The summed E-state index contributed by atoms with van der Waals surface area (Å²) in [6, 6.07) is 12.6. The van der Waals surface area contributed by atoms with Gasteiger partial charge in [0.2, 0.25) is 5.91 Å². The van der Waals surface area contributed by atoms with Crippen molar-refractivity contribution in [2.75, 3.05) is 39.2 Å². The van der Waals surface area contributed by atoms with Crippen LogP contribution in [-0.2, 0) is 17.9 Å². The SMILES string of the molecule is COc1ccc(CN(C)C[C@H]2Oc3ccc(NC(=O)Cn4cnnn4)cc3C(=O)N([C@H](C)CO)C[C@@H]2C)cc1. The van der Waals surface area contributed by atoms with E-state index in [1.807, 2.05) is 38.2 Å². The number of rotatable bonds is 10. The Labute approximate surface area is 227 Å². The highest BCUT2D eigenvalue weighted by atomic mass is 16.5. The number of aromatic nitrogens is 4. The molecular weight excluding hydrogens is 502 g/mol. The number of aliphatic hydroxyl groups excluding tert-OH is 1. The second kappa shape index (κ2) is 12.7. The van der Waals surface area contributed by atoms with E-state index in [0.29, 0.717) is 36.6 Å². The molecule has 0 aliphatic carbocycles. The summed E-state index contributed by atoms with van der Waals surface area (Å²) in [7, 11) is 3.67. The van der Waals surface area contributed by atoms with Gasteiger partial charge in [-0.3, -0.25) is 14.5 Å². The van der Waals surface area contributed by atoms with E-state index < -0.39 is 0 Å². The van der Waals surface area contributed by atoms with E-state index in [-0.39, 0.29) is 43.0 Å². The Morgan fingerprint density at radius 2 is 2.05 bits per heavy atom. The van der Waals surface area contributed by atoms with Gasteiger partial charge in [0, 0.05) is 31.2 Å². The zero-order valence-electron chi connectivity index (χ0n) is 22.6. The van der Waals surface area contributed by atoms with Crippen LogP contribution in [0, 0.1) is 5.92 Å². The van der Waals surface area contributed by atoms with E-state index in [4.69, 9.17) is 9.47 Å². The Morgan fingerprint density at radius 1 is 1.28 bits per heavy atom. The van der Waals surface area contributed by atoms with Gasteiger partial charge in [0.15, 0.2) is 0 Å². The van der Waals surface area contributed by atoms with Crippen molar-refractivity contribution in [2.24, 2.45) is 5.92 Å². The summed E-state index contributed by atoms with van der Waals surface area (Å²) in [5.41, 5.74) is 1.91. The average Bonchev–Trinajstić information content (AvgIpc) is 3.43. The van der Waals surface area contributed by atoms with E-state index in [0.717, 1.165) is 11.3 Å². The second-order valence-electron chi connectivity index (χ2n) is 9.93. The molecule has 0 saturated carbocycles. The summed E-state index contributed by atoms with van der Waals surface area (Å²) < 4.78 is 13.0. The number of amides is 2. The molecule has 39 heavy (non-hydrogen) atoms. The van der Waals surface area contributed by atoms with Crippen molar-refractivity contribution < 1.29 is 24.2 Å². The number of ether oxygens (including phenoxy) is 2. The van der Waals surface area contributed by atoms with Crippen molar-refractivity contribution in [3.8, 4) is 11.5 Å². The average molecular weight is 538 g/mol. The number of benzene rings is 2. The van der Waals surface area contributed by atoms with Crippen LogP contribution in [0.5, 0.6) is 11.5 Å². The highest BCUT2D eigenvalue weighted by Gasteiger charge is 2.33. The first-order valence-electron chi connectivity index (χ1n) is 12.8. The largest absolute Gasteiger partial charge is 0.497 e. The molecule has 0 bridgehead atoms. The molecule has 2 heterocycles. The van der Waals surface area contributed by atoms with Crippen molar-refractivity contribution in [2.45, 2.75) is 39.1 Å². The second-order valence-corrected chi connectivity index (χ2v) is 9.93. The highest BCUT2D eigenvalue weighted by Crippen LogP contribution is 2.31. The number of anilines is 1. The number of fused-ring (bicyclic) bond motifs is 1. The van der Waals surface area contributed by atoms with Gasteiger partial charge in [-0.15, -0.1) is 5.10 Å². The zero-order chi connectivity index (χ0) is 27.9. The molecule has 1 aromatic heterocycles. The van der Waals surface area contributed by atoms with Gasteiger partial charge < -0.3 is 24.8 Å². The smallest absolute Gasteiger partial charge is 0.258 e. The number of carbonyl (C=O) groups is 2. The minimum atomic E-state index is -0.387. The predicted octanol–water partition coefficient (Wildman–Crippen LogP) is 1.67. The molecule has 12 nitrogen and oxygen atoms in total. The molecule has 12 heteroatoms.